The smallest absolute Gasteiger partial charge is 0.264 e. The molecule has 0 bridgehead atoms. The van der Waals surface area contributed by atoms with Gasteiger partial charge in [0.1, 0.15) is 12.6 Å². The molecule has 0 heterocycles. The van der Waals surface area contributed by atoms with E-state index in [0.717, 1.165) is 27.4 Å². The number of rotatable bonds is 12. The monoisotopic (exact) mass is 603 g/mol. The van der Waals surface area contributed by atoms with Crippen LogP contribution in [0.1, 0.15) is 43.4 Å². The lowest BCUT2D eigenvalue weighted by Crippen LogP contribution is -2.52. The second-order valence-corrected chi connectivity index (χ2v) is 12.3. The number of sulfonamides is 1. The Morgan fingerprint density at radius 1 is 0.950 bits per heavy atom. The lowest BCUT2D eigenvalue weighted by molar-refractivity contribution is -0.140. The fraction of sp³-hybridized carbons (Fsp3) is 0.333. The van der Waals surface area contributed by atoms with Crippen LogP contribution < -0.4 is 9.62 Å². The molecule has 10 heteroatoms. The normalized spacial score (nSPS) is 12.1. The fourth-order valence-corrected chi connectivity index (χ4v) is 6.15. The maximum Gasteiger partial charge on any atom is 0.264 e. The molecule has 214 valence electrons. The van der Waals surface area contributed by atoms with E-state index in [9.17, 15) is 18.0 Å². The molecule has 0 aromatic heterocycles. The van der Waals surface area contributed by atoms with Crippen molar-refractivity contribution in [3.63, 3.8) is 0 Å². The summed E-state index contributed by atoms with van der Waals surface area (Å²) >= 11 is 12.7. The topological polar surface area (TPSA) is 86.8 Å². The van der Waals surface area contributed by atoms with Crippen LogP contribution in [-0.2, 0) is 26.2 Å². The highest BCUT2D eigenvalue weighted by Gasteiger charge is 2.34. The molecule has 0 aliphatic carbocycles. The van der Waals surface area contributed by atoms with E-state index in [1.807, 2.05) is 52.0 Å². The summed E-state index contributed by atoms with van der Waals surface area (Å²) in [7, 11) is -4.24. The van der Waals surface area contributed by atoms with Crippen LogP contribution in [0.25, 0.3) is 0 Å². The fourth-order valence-electron chi connectivity index (χ4n) is 4.28. The molecular weight excluding hydrogens is 569 g/mol. The van der Waals surface area contributed by atoms with Crippen molar-refractivity contribution in [2.75, 3.05) is 17.4 Å². The van der Waals surface area contributed by atoms with Crippen LogP contribution in [0.2, 0.25) is 10.0 Å². The van der Waals surface area contributed by atoms with Crippen molar-refractivity contribution < 1.29 is 18.0 Å². The average Bonchev–Trinajstić information content (AvgIpc) is 2.93. The van der Waals surface area contributed by atoms with Crippen molar-refractivity contribution in [1.82, 2.24) is 10.2 Å². The molecule has 0 fully saturated rings. The van der Waals surface area contributed by atoms with Crippen LogP contribution in [0.5, 0.6) is 0 Å². The predicted molar refractivity (Wildman–Crippen MR) is 161 cm³/mol. The summed E-state index contributed by atoms with van der Waals surface area (Å²) in [5.41, 5.74) is 2.76. The summed E-state index contributed by atoms with van der Waals surface area (Å²) in [4.78, 5) is 28.7. The van der Waals surface area contributed by atoms with Crippen molar-refractivity contribution in [3.8, 4) is 0 Å². The number of aryl methyl sites for hydroxylation is 2. The Balaban J connectivity index is 2.11. The third-order valence-electron chi connectivity index (χ3n) is 6.60. The predicted octanol–water partition coefficient (Wildman–Crippen LogP) is 6.14. The number of carbonyl (C=O) groups excluding carboxylic acids is 2. The minimum atomic E-state index is -4.24. The highest BCUT2D eigenvalue weighted by Crippen LogP contribution is 2.33. The summed E-state index contributed by atoms with van der Waals surface area (Å²) in [6, 6.07) is 17.5. The van der Waals surface area contributed by atoms with E-state index in [1.54, 1.807) is 18.2 Å². The molecule has 3 rings (SSSR count). The SMILES string of the molecule is CCCNC(=O)[C@H](CC)N(Cc1ccccc1C)C(=O)CN(c1cc(Cl)ccc1Cl)S(=O)(=O)c1ccc(C)cc1. The number of anilines is 1. The highest BCUT2D eigenvalue weighted by molar-refractivity contribution is 7.92. The molecular formula is C30H35Cl2N3O4S. The van der Waals surface area contributed by atoms with Crippen molar-refractivity contribution in [2.45, 2.75) is 58.0 Å². The van der Waals surface area contributed by atoms with Gasteiger partial charge < -0.3 is 10.2 Å². The number of halogens is 2. The van der Waals surface area contributed by atoms with Crippen LogP contribution in [0.15, 0.2) is 71.6 Å². The Hall–Kier alpha value is -3.07. The van der Waals surface area contributed by atoms with E-state index < -0.39 is 28.5 Å². The van der Waals surface area contributed by atoms with Gasteiger partial charge in [-0.3, -0.25) is 13.9 Å². The molecule has 3 aromatic rings. The van der Waals surface area contributed by atoms with Crippen LogP contribution >= 0.6 is 23.2 Å². The lowest BCUT2D eigenvalue weighted by atomic mass is 10.1. The van der Waals surface area contributed by atoms with Gasteiger partial charge in [-0.05, 0) is 68.1 Å². The molecule has 40 heavy (non-hydrogen) atoms. The minimum Gasteiger partial charge on any atom is -0.354 e. The third kappa shape index (κ3) is 7.56. The molecule has 0 saturated heterocycles. The number of hydrogen-bond acceptors (Lipinski definition) is 4. The maximum absolute atomic E-state index is 14.1. The van der Waals surface area contributed by atoms with Gasteiger partial charge >= 0.3 is 0 Å². The number of carbonyl (C=O) groups is 2. The van der Waals surface area contributed by atoms with Crippen LogP contribution in [0, 0.1) is 13.8 Å². The van der Waals surface area contributed by atoms with E-state index in [2.05, 4.69) is 5.32 Å². The first-order valence-corrected chi connectivity index (χ1v) is 15.3. The van der Waals surface area contributed by atoms with Gasteiger partial charge in [0.05, 0.1) is 15.6 Å². The summed E-state index contributed by atoms with van der Waals surface area (Å²) in [6.45, 7) is 7.56. The van der Waals surface area contributed by atoms with Crippen LogP contribution in [-0.4, -0.2) is 44.3 Å². The number of amides is 2. The van der Waals surface area contributed by atoms with Gasteiger partial charge in [-0.1, -0.05) is 79.0 Å². The first-order valence-electron chi connectivity index (χ1n) is 13.2. The van der Waals surface area contributed by atoms with Gasteiger partial charge in [0.15, 0.2) is 0 Å². The molecule has 3 aromatic carbocycles. The van der Waals surface area contributed by atoms with Crippen molar-refractivity contribution >= 4 is 50.7 Å². The number of hydrogen-bond donors (Lipinski definition) is 1. The molecule has 0 aliphatic heterocycles. The Morgan fingerprint density at radius 2 is 1.62 bits per heavy atom. The molecule has 0 spiro atoms. The third-order valence-corrected chi connectivity index (χ3v) is 8.93. The zero-order valence-electron chi connectivity index (χ0n) is 23.2. The van der Waals surface area contributed by atoms with Gasteiger partial charge in [-0.2, -0.15) is 0 Å². The second-order valence-electron chi connectivity index (χ2n) is 9.58. The molecule has 2 amide bonds. The minimum absolute atomic E-state index is 0.000117. The number of benzene rings is 3. The largest absolute Gasteiger partial charge is 0.354 e. The van der Waals surface area contributed by atoms with Crippen LogP contribution in [0.3, 0.4) is 0 Å². The van der Waals surface area contributed by atoms with Gasteiger partial charge in [-0.15, -0.1) is 0 Å². The molecule has 0 unspecified atom stereocenters. The van der Waals surface area contributed by atoms with Gasteiger partial charge in [-0.25, -0.2) is 8.42 Å². The van der Waals surface area contributed by atoms with E-state index in [4.69, 9.17) is 23.2 Å². The molecule has 7 nitrogen and oxygen atoms in total. The molecule has 0 aliphatic rings. The molecule has 1 atom stereocenters. The zero-order chi connectivity index (χ0) is 29.4. The van der Waals surface area contributed by atoms with Crippen molar-refractivity contribution in [1.29, 1.82) is 0 Å². The number of nitrogens with one attached hydrogen (secondary N) is 1. The van der Waals surface area contributed by atoms with E-state index >= 15 is 0 Å². The van der Waals surface area contributed by atoms with E-state index in [0.29, 0.717) is 13.0 Å². The first kappa shape index (κ1) is 31.5. The van der Waals surface area contributed by atoms with Gasteiger partial charge in [0.2, 0.25) is 11.8 Å². The maximum atomic E-state index is 14.1. The summed E-state index contributed by atoms with van der Waals surface area (Å²) in [6.07, 6.45) is 1.08. The molecule has 0 saturated carbocycles. The Morgan fingerprint density at radius 3 is 2.25 bits per heavy atom. The van der Waals surface area contributed by atoms with Gasteiger partial charge in [0.25, 0.3) is 10.0 Å². The Kier molecular flexibility index (Phi) is 11.0. The average molecular weight is 605 g/mol. The Labute approximate surface area is 247 Å². The standard InChI is InChI=1S/C30H35Cl2N3O4S/c1-5-17-33-30(37)27(6-2)34(19-23-10-8-7-9-22(23)4)29(36)20-35(28-18-24(31)13-16-26(28)32)40(38,39)25-14-11-21(3)12-15-25/h7-16,18,27H,5-6,17,19-20H2,1-4H3,(H,33,37)/t27-/m0/s1. The summed E-state index contributed by atoms with van der Waals surface area (Å²) < 4.78 is 28.9. The highest BCUT2D eigenvalue weighted by atomic mass is 35.5. The van der Waals surface area contributed by atoms with Crippen LogP contribution in [0.4, 0.5) is 5.69 Å². The molecule has 1 N–H and O–H groups in total. The lowest BCUT2D eigenvalue weighted by Gasteiger charge is -2.33. The quantitative estimate of drug-likeness (QED) is 0.269. The zero-order valence-corrected chi connectivity index (χ0v) is 25.5. The summed E-state index contributed by atoms with van der Waals surface area (Å²) in [5, 5.41) is 3.26. The summed E-state index contributed by atoms with van der Waals surface area (Å²) in [5.74, 6) is -0.839. The number of nitrogens with zero attached hydrogens (tertiary/aromatic N) is 2. The van der Waals surface area contributed by atoms with E-state index in [1.165, 1.54) is 29.2 Å². The van der Waals surface area contributed by atoms with Gasteiger partial charge in [0, 0.05) is 18.1 Å². The van der Waals surface area contributed by atoms with Crippen molar-refractivity contribution in [2.24, 2.45) is 0 Å². The second kappa shape index (κ2) is 14.0. The Bertz CT molecular complexity index is 1450. The first-order chi connectivity index (χ1) is 19.0. The molecule has 0 radical (unpaired) electrons. The van der Waals surface area contributed by atoms with Crippen molar-refractivity contribution in [3.05, 3.63) is 93.5 Å². The van der Waals surface area contributed by atoms with E-state index in [-0.39, 0.29) is 33.1 Å².